The number of ether oxygens (including phenoxy) is 2. The van der Waals surface area contributed by atoms with Gasteiger partial charge in [-0.3, -0.25) is 4.79 Å². The third-order valence-corrected chi connectivity index (χ3v) is 6.52. The molecule has 0 unspecified atom stereocenters. The summed E-state index contributed by atoms with van der Waals surface area (Å²) in [5, 5.41) is 2.46. The van der Waals surface area contributed by atoms with Crippen LogP contribution < -0.4 is 20.5 Å². The molecule has 1 atom stereocenters. The lowest BCUT2D eigenvalue weighted by atomic mass is 9.83. The third kappa shape index (κ3) is 4.07. The number of fused-ring (bicyclic) bond motifs is 1. The van der Waals surface area contributed by atoms with E-state index in [1.165, 1.54) is 25.3 Å². The Labute approximate surface area is 202 Å². The fourth-order valence-electron chi connectivity index (χ4n) is 4.53. The van der Waals surface area contributed by atoms with Gasteiger partial charge in [0, 0.05) is 41.8 Å². The van der Waals surface area contributed by atoms with Crippen LogP contribution in [0.2, 0.25) is 5.02 Å². The average Bonchev–Trinajstić information content (AvgIpc) is 3.19. The summed E-state index contributed by atoms with van der Waals surface area (Å²) in [6.07, 6.45) is 8.01. The highest BCUT2D eigenvalue weighted by Gasteiger charge is 2.44. The topological polar surface area (TPSA) is 73.6 Å². The number of amides is 1. The molecular formula is C26H27ClF2N2O3. The molecule has 1 aliphatic carbocycles. The molecule has 0 aromatic heterocycles. The molecule has 0 bridgehead atoms. The summed E-state index contributed by atoms with van der Waals surface area (Å²) < 4.78 is 42.2. The van der Waals surface area contributed by atoms with Crippen LogP contribution in [0.4, 0.5) is 8.78 Å². The predicted octanol–water partition coefficient (Wildman–Crippen LogP) is 5.34. The second-order valence-corrected chi connectivity index (χ2v) is 9.15. The van der Waals surface area contributed by atoms with Crippen LogP contribution in [-0.2, 0) is 6.42 Å². The van der Waals surface area contributed by atoms with E-state index in [-0.39, 0.29) is 52.2 Å². The first-order valence-corrected chi connectivity index (χ1v) is 11.5. The number of carbonyl (C=O) groups excluding carboxylic acids is 1. The summed E-state index contributed by atoms with van der Waals surface area (Å²) in [5.74, 6) is -1.97. The zero-order chi connectivity index (χ0) is 24.6. The Kier molecular flexibility index (Phi) is 6.69. The number of carbonyl (C=O) groups is 1. The molecule has 1 heterocycles. The van der Waals surface area contributed by atoms with Gasteiger partial charge in [-0.05, 0) is 44.4 Å². The van der Waals surface area contributed by atoms with Crippen LogP contribution >= 0.6 is 11.6 Å². The molecule has 2 aromatic carbocycles. The normalized spacial score (nSPS) is 19.0. The zero-order valence-corrected chi connectivity index (χ0v) is 20.1. The summed E-state index contributed by atoms with van der Waals surface area (Å²) in [6, 6.07) is 3.80. The van der Waals surface area contributed by atoms with Gasteiger partial charge in [0.1, 0.15) is 17.2 Å². The van der Waals surface area contributed by atoms with Crippen molar-refractivity contribution < 1.29 is 23.0 Å². The van der Waals surface area contributed by atoms with Crippen LogP contribution in [0.3, 0.4) is 0 Å². The largest absolute Gasteiger partial charge is 0.494 e. The van der Waals surface area contributed by atoms with Gasteiger partial charge in [-0.15, -0.1) is 0 Å². The molecule has 0 saturated heterocycles. The number of nitrogens with one attached hydrogen (secondary N) is 1. The molecule has 0 radical (unpaired) electrons. The van der Waals surface area contributed by atoms with E-state index in [9.17, 15) is 4.79 Å². The number of halogens is 3. The highest BCUT2D eigenvalue weighted by atomic mass is 35.5. The van der Waals surface area contributed by atoms with Gasteiger partial charge < -0.3 is 20.5 Å². The molecule has 3 N–H and O–H groups in total. The van der Waals surface area contributed by atoms with Gasteiger partial charge in [-0.1, -0.05) is 29.8 Å². The van der Waals surface area contributed by atoms with E-state index in [2.05, 4.69) is 5.32 Å². The maximum Gasteiger partial charge on any atom is 0.252 e. The predicted molar refractivity (Wildman–Crippen MR) is 129 cm³/mol. The molecule has 0 saturated carbocycles. The van der Waals surface area contributed by atoms with Crippen molar-refractivity contribution in [3.05, 3.63) is 69.8 Å². The standard InChI is InChI=1S/C26H27ClF2N2O3/c1-14(2)31-25(32)16-9-10-19(33-3)24(29)22(16)21-17-12-26(13-30,15-7-5-4-6-8-15)34-20(17)11-18(28)23(21)27/h5,7-11,14H,4,6,12-13,30H2,1-3H3,(H,31,32)/t26-/m1/s1. The van der Waals surface area contributed by atoms with Crippen molar-refractivity contribution in [2.75, 3.05) is 13.7 Å². The fraction of sp³-hybridized carbons (Fsp3) is 0.346. The minimum Gasteiger partial charge on any atom is -0.494 e. The van der Waals surface area contributed by atoms with Gasteiger partial charge in [-0.25, -0.2) is 8.78 Å². The molecule has 2 aliphatic rings. The summed E-state index contributed by atoms with van der Waals surface area (Å²) in [5.41, 5.74) is 6.54. The van der Waals surface area contributed by atoms with Crippen LogP contribution in [0, 0.1) is 11.6 Å². The molecule has 180 valence electrons. The molecule has 2 aromatic rings. The monoisotopic (exact) mass is 488 g/mol. The summed E-state index contributed by atoms with van der Waals surface area (Å²) in [6.45, 7) is 3.70. The molecule has 0 spiro atoms. The van der Waals surface area contributed by atoms with Gasteiger partial charge in [0.15, 0.2) is 11.6 Å². The Morgan fingerprint density at radius 2 is 2.06 bits per heavy atom. The van der Waals surface area contributed by atoms with E-state index in [0.717, 1.165) is 18.4 Å². The SMILES string of the molecule is COc1ccc(C(=O)NC(C)C)c(-c2c(Cl)c(F)cc3c2C[C@@](CN)(C2=CCCC=C2)O3)c1F. The van der Waals surface area contributed by atoms with Gasteiger partial charge in [-0.2, -0.15) is 0 Å². The Morgan fingerprint density at radius 3 is 2.68 bits per heavy atom. The molecule has 4 rings (SSSR count). The quantitative estimate of drug-likeness (QED) is 0.575. The lowest BCUT2D eigenvalue weighted by Gasteiger charge is -2.30. The van der Waals surface area contributed by atoms with Crippen molar-refractivity contribution in [2.24, 2.45) is 5.73 Å². The Bertz CT molecular complexity index is 1210. The van der Waals surface area contributed by atoms with Crippen molar-refractivity contribution in [1.29, 1.82) is 0 Å². The number of hydrogen-bond acceptors (Lipinski definition) is 4. The fourth-order valence-corrected chi connectivity index (χ4v) is 4.80. The molecule has 5 nitrogen and oxygen atoms in total. The number of allylic oxidation sites excluding steroid dienone is 2. The highest BCUT2D eigenvalue weighted by Crippen LogP contribution is 2.50. The first kappa shape index (κ1) is 24.2. The Morgan fingerprint density at radius 1 is 1.29 bits per heavy atom. The lowest BCUT2D eigenvalue weighted by Crippen LogP contribution is -2.44. The van der Waals surface area contributed by atoms with Crippen molar-refractivity contribution in [2.45, 2.75) is 44.8 Å². The van der Waals surface area contributed by atoms with Gasteiger partial charge in [0.05, 0.1) is 17.7 Å². The number of nitrogens with two attached hydrogens (primary N) is 1. The summed E-state index contributed by atoms with van der Waals surface area (Å²) in [4.78, 5) is 13.0. The van der Waals surface area contributed by atoms with Gasteiger partial charge in [0.2, 0.25) is 0 Å². The number of rotatable bonds is 6. The van der Waals surface area contributed by atoms with E-state index in [0.29, 0.717) is 5.56 Å². The van der Waals surface area contributed by atoms with Crippen LogP contribution in [0.1, 0.15) is 42.6 Å². The zero-order valence-electron chi connectivity index (χ0n) is 19.3. The summed E-state index contributed by atoms with van der Waals surface area (Å²) in [7, 11) is 1.32. The van der Waals surface area contributed by atoms with Crippen molar-refractivity contribution in [3.63, 3.8) is 0 Å². The summed E-state index contributed by atoms with van der Waals surface area (Å²) >= 11 is 6.45. The van der Waals surface area contributed by atoms with Gasteiger partial charge in [0.25, 0.3) is 5.91 Å². The Hall–Kier alpha value is -2.90. The number of methoxy groups -OCH3 is 1. The minimum absolute atomic E-state index is 0.0173. The van der Waals surface area contributed by atoms with E-state index in [1.54, 1.807) is 13.8 Å². The van der Waals surface area contributed by atoms with E-state index < -0.39 is 23.1 Å². The lowest BCUT2D eigenvalue weighted by molar-refractivity contribution is 0.0943. The second kappa shape index (κ2) is 9.39. The van der Waals surface area contributed by atoms with Crippen molar-refractivity contribution in [1.82, 2.24) is 5.32 Å². The molecule has 34 heavy (non-hydrogen) atoms. The minimum atomic E-state index is -0.944. The first-order chi connectivity index (χ1) is 16.2. The van der Waals surface area contributed by atoms with Crippen LogP contribution in [0.15, 0.2) is 42.0 Å². The third-order valence-electron chi connectivity index (χ3n) is 6.15. The molecule has 1 aliphatic heterocycles. The maximum absolute atomic E-state index is 15.8. The van der Waals surface area contributed by atoms with Crippen LogP contribution in [0.5, 0.6) is 11.5 Å². The van der Waals surface area contributed by atoms with Crippen LogP contribution in [0.25, 0.3) is 11.1 Å². The van der Waals surface area contributed by atoms with Crippen molar-refractivity contribution in [3.8, 4) is 22.6 Å². The highest BCUT2D eigenvalue weighted by molar-refractivity contribution is 6.34. The van der Waals surface area contributed by atoms with Crippen LogP contribution in [-0.4, -0.2) is 31.2 Å². The maximum atomic E-state index is 15.8. The molecular weight excluding hydrogens is 462 g/mol. The molecule has 0 fully saturated rings. The average molecular weight is 489 g/mol. The number of hydrogen-bond donors (Lipinski definition) is 2. The van der Waals surface area contributed by atoms with E-state index in [1.807, 2.05) is 18.2 Å². The Balaban J connectivity index is 1.96. The van der Waals surface area contributed by atoms with Gasteiger partial charge >= 0.3 is 0 Å². The first-order valence-electron chi connectivity index (χ1n) is 11.2. The molecule has 8 heteroatoms. The number of benzene rings is 2. The molecule has 1 amide bonds. The second-order valence-electron chi connectivity index (χ2n) is 8.77. The van der Waals surface area contributed by atoms with E-state index >= 15 is 8.78 Å². The van der Waals surface area contributed by atoms with E-state index in [4.69, 9.17) is 26.8 Å². The smallest absolute Gasteiger partial charge is 0.252 e. The van der Waals surface area contributed by atoms with Crippen molar-refractivity contribution >= 4 is 17.5 Å².